The molecule has 2 fully saturated rings. The number of fused-ring (bicyclic) bond motifs is 1. The first-order chi connectivity index (χ1) is 15.8. The molecule has 1 N–H and O–H groups in total. The summed E-state index contributed by atoms with van der Waals surface area (Å²) in [6.07, 6.45) is 1.94. The summed E-state index contributed by atoms with van der Waals surface area (Å²) in [5, 5.41) is 3.70. The van der Waals surface area contributed by atoms with Crippen molar-refractivity contribution in [2.24, 2.45) is 4.99 Å². The minimum atomic E-state index is -0.0129. The van der Waals surface area contributed by atoms with Crippen molar-refractivity contribution >= 4 is 35.6 Å². The number of ether oxygens (including phenoxy) is 3. The Labute approximate surface area is 213 Å². The number of hydrogen-bond donors (Lipinski definition) is 1. The zero-order chi connectivity index (χ0) is 21.8. The molecule has 3 heterocycles. The Hall–Kier alpha value is -2.20. The van der Waals surface area contributed by atoms with E-state index in [1.165, 1.54) is 11.3 Å². The van der Waals surface area contributed by atoms with Crippen LogP contribution in [0.2, 0.25) is 0 Å². The summed E-state index contributed by atoms with van der Waals surface area (Å²) < 4.78 is 16.9. The van der Waals surface area contributed by atoms with Gasteiger partial charge in [0.2, 0.25) is 6.79 Å². The Bertz CT molecular complexity index is 942. The molecule has 5 rings (SSSR count). The monoisotopic (exact) mass is 564 g/mol. The lowest BCUT2D eigenvalue weighted by atomic mass is 9.74. The molecular weight excluding hydrogens is 531 g/mol. The number of benzene rings is 2. The van der Waals surface area contributed by atoms with E-state index in [0.717, 1.165) is 76.2 Å². The van der Waals surface area contributed by atoms with Gasteiger partial charge in [0.05, 0.1) is 0 Å². The van der Waals surface area contributed by atoms with Gasteiger partial charge in [-0.25, -0.2) is 0 Å². The molecule has 0 unspecified atom stereocenters. The van der Waals surface area contributed by atoms with Gasteiger partial charge in [-0.1, -0.05) is 24.3 Å². The van der Waals surface area contributed by atoms with Crippen molar-refractivity contribution in [3.63, 3.8) is 0 Å². The number of nitrogens with zero attached hydrogens (tertiary/aromatic N) is 3. The molecule has 0 amide bonds. The highest BCUT2D eigenvalue weighted by atomic mass is 127. The van der Waals surface area contributed by atoms with Gasteiger partial charge in [-0.3, -0.25) is 4.99 Å². The highest BCUT2D eigenvalue weighted by molar-refractivity contribution is 14.0. The van der Waals surface area contributed by atoms with E-state index in [1.807, 2.05) is 13.1 Å². The molecule has 0 radical (unpaired) electrons. The minimum Gasteiger partial charge on any atom is -0.454 e. The normalized spacial score (nSPS) is 19.7. The predicted molar refractivity (Wildman–Crippen MR) is 141 cm³/mol. The van der Waals surface area contributed by atoms with E-state index in [1.54, 1.807) is 0 Å². The van der Waals surface area contributed by atoms with Gasteiger partial charge in [0.15, 0.2) is 17.5 Å². The molecule has 0 spiro atoms. The van der Waals surface area contributed by atoms with Gasteiger partial charge in [-0.2, -0.15) is 0 Å². The number of anilines is 1. The van der Waals surface area contributed by atoms with Crippen LogP contribution in [0.15, 0.2) is 53.5 Å². The van der Waals surface area contributed by atoms with Gasteiger partial charge < -0.3 is 29.3 Å². The van der Waals surface area contributed by atoms with Gasteiger partial charge in [0, 0.05) is 64.1 Å². The topological polar surface area (TPSA) is 58.6 Å². The molecule has 0 aliphatic carbocycles. The van der Waals surface area contributed by atoms with Crippen LogP contribution in [0.5, 0.6) is 11.5 Å². The number of halogens is 1. The van der Waals surface area contributed by atoms with Crippen LogP contribution >= 0.6 is 24.0 Å². The third-order valence-corrected chi connectivity index (χ3v) is 6.93. The lowest BCUT2D eigenvalue weighted by molar-refractivity contribution is 0.0511. The molecule has 0 saturated carbocycles. The van der Waals surface area contributed by atoms with Crippen molar-refractivity contribution in [1.29, 1.82) is 0 Å². The van der Waals surface area contributed by atoms with Crippen molar-refractivity contribution in [2.75, 3.05) is 64.7 Å². The van der Waals surface area contributed by atoms with Crippen LogP contribution in [0.25, 0.3) is 0 Å². The molecule has 0 atom stereocenters. The van der Waals surface area contributed by atoms with Crippen molar-refractivity contribution in [3.8, 4) is 11.5 Å². The lowest BCUT2D eigenvalue weighted by Gasteiger charge is -2.41. The summed E-state index contributed by atoms with van der Waals surface area (Å²) in [4.78, 5) is 9.42. The van der Waals surface area contributed by atoms with Crippen LogP contribution in [0.1, 0.15) is 18.4 Å². The van der Waals surface area contributed by atoms with Gasteiger partial charge in [-0.05, 0) is 42.7 Å². The Kier molecular flexibility index (Phi) is 7.85. The van der Waals surface area contributed by atoms with Crippen LogP contribution in [-0.4, -0.2) is 70.6 Å². The Morgan fingerprint density at radius 1 is 0.970 bits per heavy atom. The maximum Gasteiger partial charge on any atom is 0.231 e. The number of nitrogens with one attached hydrogen (secondary N) is 1. The van der Waals surface area contributed by atoms with Crippen molar-refractivity contribution in [3.05, 3.63) is 54.1 Å². The molecule has 0 aromatic heterocycles. The van der Waals surface area contributed by atoms with Gasteiger partial charge in [0.1, 0.15) is 0 Å². The fourth-order valence-electron chi connectivity index (χ4n) is 4.95. The molecule has 0 bridgehead atoms. The summed E-state index contributed by atoms with van der Waals surface area (Å²) in [6, 6.07) is 17.0. The SMILES string of the molecule is CN=C(NCC1(c2ccc3c(c2)OCO3)CCOCC1)N1CCN(c2ccccc2)CC1.I. The average molecular weight is 564 g/mol. The van der Waals surface area contributed by atoms with E-state index in [4.69, 9.17) is 14.2 Å². The summed E-state index contributed by atoms with van der Waals surface area (Å²) in [6.45, 7) is 6.55. The highest BCUT2D eigenvalue weighted by Crippen LogP contribution is 2.40. The third-order valence-electron chi connectivity index (χ3n) is 6.93. The van der Waals surface area contributed by atoms with Crippen molar-refractivity contribution in [2.45, 2.75) is 18.3 Å². The number of para-hydroxylation sites is 1. The number of piperazine rings is 1. The fraction of sp³-hybridized carbons (Fsp3) is 0.480. The van der Waals surface area contributed by atoms with E-state index in [-0.39, 0.29) is 29.4 Å². The molecule has 7 nitrogen and oxygen atoms in total. The van der Waals surface area contributed by atoms with E-state index < -0.39 is 0 Å². The second kappa shape index (κ2) is 10.8. The standard InChI is InChI=1S/C25H32N4O3.HI/c1-26-24(29-13-11-28(12-14-29)21-5-3-2-4-6-21)27-18-25(9-15-30-16-10-25)20-7-8-22-23(17-20)32-19-31-22;/h2-8,17H,9-16,18-19H2,1H3,(H,26,27);1H. The number of hydrogen-bond acceptors (Lipinski definition) is 5. The molecule has 8 heteroatoms. The first-order valence-corrected chi connectivity index (χ1v) is 11.5. The molecule has 2 aromatic rings. The summed E-state index contributed by atoms with van der Waals surface area (Å²) >= 11 is 0. The zero-order valence-corrected chi connectivity index (χ0v) is 21.5. The first kappa shape index (κ1) is 23.9. The molecule has 178 valence electrons. The zero-order valence-electron chi connectivity index (χ0n) is 19.2. The Morgan fingerprint density at radius 2 is 1.70 bits per heavy atom. The highest BCUT2D eigenvalue weighted by Gasteiger charge is 2.36. The van der Waals surface area contributed by atoms with Gasteiger partial charge in [-0.15, -0.1) is 24.0 Å². The maximum atomic E-state index is 5.71. The van der Waals surface area contributed by atoms with Crippen LogP contribution < -0.4 is 19.7 Å². The number of aliphatic imine (C=N–C) groups is 1. The Morgan fingerprint density at radius 3 is 2.42 bits per heavy atom. The number of guanidine groups is 1. The van der Waals surface area contributed by atoms with Gasteiger partial charge >= 0.3 is 0 Å². The van der Waals surface area contributed by atoms with Crippen molar-refractivity contribution in [1.82, 2.24) is 10.2 Å². The molecule has 3 aliphatic heterocycles. The van der Waals surface area contributed by atoms with E-state index in [0.29, 0.717) is 6.79 Å². The van der Waals surface area contributed by atoms with Crippen LogP contribution in [0, 0.1) is 0 Å². The second-order valence-corrected chi connectivity index (χ2v) is 8.67. The van der Waals surface area contributed by atoms with Crippen LogP contribution in [0.4, 0.5) is 5.69 Å². The molecule has 2 saturated heterocycles. The van der Waals surface area contributed by atoms with E-state index in [9.17, 15) is 0 Å². The van der Waals surface area contributed by atoms with Crippen molar-refractivity contribution < 1.29 is 14.2 Å². The van der Waals surface area contributed by atoms with Crippen LogP contribution in [0.3, 0.4) is 0 Å². The quantitative estimate of drug-likeness (QED) is 0.349. The molecule has 2 aromatic carbocycles. The minimum absolute atomic E-state index is 0. The summed E-state index contributed by atoms with van der Waals surface area (Å²) in [5.41, 5.74) is 2.56. The largest absolute Gasteiger partial charge is 0.454 e. The smallest absolute Gasteiger partial charge is 0.231 e. The molecule has 33 heavy (non-hydrogen) atoms. The number of rotatable bonds is 4. The fourth-order valence-corrected chi connectivity index (χ4v) is 4.95. The summed E-state index contributed by atoms with van der Waals surface area (Å²) in [7, 11) is 1.88. The molecular formula is C25H33IN4O3. The second-order valence-electron chi connectivity index (χ2n) is 8.67. The van der Waals surface area contributed by atoms with E-state index >= 15 is 0 Å². The van der Waals surface area contributed by atoms with Crippen LogP contribution in [-0.2, 0) is 10.2 Å². The van der Waals surface area contributed by atoms with E-state index in [2.05, 4.69) is 62.6 Å². The first-order valence-electron chi connectivity index (χ1n) is 11.5. The third kappa shape index (κ3) is 5.16. The molecule has 3 aliphatic rings. The summed E-state index contributed by atoms with van der Waals surface area (Å²) in [5.74, 6) is 2.65. The maximum absolute atomic E-state index is 5.71. The average Bonchev–Trinajstić information content (AvgIpc) is 3.34. The van der Waals surface area contributed by atoms with Gasteiger partial charge in [0.25, 0.3) is 0 Å². The lowest BCUT2D eigenvalue weighted by Crippen LogP contribution is -2.55. The predicted octanol–water partition coefficient (Wildman–Crippen LogP) is 3.48. The Balaban J connectivity index is 0.00000259.